The Bertz CT molecular complexity index is 778. The van der Waals surface area contributed by atoms with Crippen molar-refractivity contribution in [2.75, 3.05) is 5.32 Å². The number of amides is 1. The van der Waals surface area contributed by atoms with Crippen molar-refractivity contribution in [1.29, 1.82) is 0 Å². The van der Waals surface area contributed by atoms with Crippen LogP contribution in [-0.2, 0) is 10.4 Å². The topological polar surface area (TPSA) is 127 Å². The standard InChI is InChI=1S/C15H13N3O5/c19-13(9-3-5-16-6-4-9)8-15(21)11-7-10(18(22)23)1-2-12(11)17-14(15)20/h1-7,18,21-22H,8H2,(H,17,20). The van der Waals surface area contributed by atoms with Crippen molar-refractivity contribution in [1.82, 2.24) is 4.98 Å². The Morgan fingerprint density at radius 1 is 1.30 bits per heavy atom. The van der Waals surface area contributed by atoms with E-state index in [9.17, 15) is 19.9 Å². The zero-order valence-corrected chi connectivity index (χ0v) is 11.8. The largest absolute Gasteiger partial charge is 0.595 e. The van der Waals surface area contributed by atoms with Crippen LogP contribution >= 0.6 is 0 Å². The second-order valence-electron chi connectivity index (χ2n) is 5.22. The number of nitrogens with zero attached hydrogens (tertiary/aromatic N) is 1. The van der Waals surface area contributed by atoms with Gasteiger partial charge in [0.1, 0.15) is 0 Å². The van der Waals surface area contributed by atoms with Crippen molar-refractivity contribution >= 4 is 23.1 Å². The van der Waals surface area contributed by atoms with Crippen molar-refractivity contribution in [3.05, 3.63) is 59.1 Å². The summed E-state index contributed by atoms with van der Waals surface area (Å²) in [4.78, 5) is 28.2. The first-order valence-electron chi connectivity index (χ1n) is 6.77. The summed E-state index contributed by atoms with van der Waals surface area (Å²) in [5.41, 5.74) is -1.48. The lowest BCUT2D eigenvalue weighted by Crippen LogP contribution is -2.99. The smallest absolute Gasteiger partial charge is 0.261 e. The molecule has 0 fully saturated rings. The third kappa shape index (κ3) is 2.60. The molecule has 4 N–H and O–H groups in total. The van der Waals surface area contributed by atoms with Gasteiger partial charge in [-0.25, -0.2) is 5.21 Å². The van der Waals surface area contributed by atoms with Gasteiger partial charge >= 0.3 is 0 Å². The van der Waals surface area contributed by atoms with E-state index in [-0.39, 0.29) is 11.3 Å². The van der Waals surface area contributed by atoms with Gasteiger partial charge in [-0.15, -0.1) is 0 Å². The van der Waals surface area contributed by atoms with Crippen molar-refractivity contribution in [2.24, 2.45) is 0 Å². The van der Waals surface area contributed by atoms with Crippen LogP contribution in [0.5, 0.6) is 0 Å². The van der Waals surface area contributed by atoms with Crippen LogP contribution in [0.4, 0.5) is 11.4 Å². The lowest BCUT2D eigenvalue weighted by molar-refractivity contribution is -0.991. The Morgan fingerprint density at radius 3 is 2.65 bits per heavy atom. The monoisotopic (exact) mass is 315 g/mol. The van der Waals surface area contributed by atoms with Gasteiger partial charge in [-0.2, -0.15) is 5.23 Å². The predicted molar refractivity (Wildman–Crippen MR) is 77.9 cm³/mol. The second-order valence-corrected chi connectivity index (χ2v) is 5.22. The molecular formula is C15H13N3O5. The number of benzene rings is 1. The molecule has 1 aromatic carbocycles. The molecule has 0 radical (unpaired) electrons. The maximum atomic E-state index is 12.3. The fraction of sp³-hybridized carbons (Fsp3) is 0.133. The zero-order valence-electron chi connectivity index (χ0n) is 11.8. The highest BCUT2D eigenvalue weighted by Gasteiger charge is 2.47. The third-order valence-corrected chi connectivity index (χ3v) is 3.75. The van der Waals surface area contributed by atoms with E-state index >= 15 is 0 Å². The minimum absolute atomic E-state index is 0.0740. The number of pyridine rings is 1. The summed E-state index contributed by atoms with van der Waals surface area (Å²) in [6.07, 6.45) is 2.38. The van der Waals surface area contributed by atoms with Crippen LogP contribution in [0.2, 0.25) is 0 Å². The maximum absolute atomic E-state index is 12.3. The van der Waals surface area contributed by atoms with Crippen LogP contribution in [-0.4, -0.2) is 27.0 Å². The van der Waals surface area contributed by atoms with Gasteiger partial charge in [-0.3, -0.25) is 14.6 Å². The minimum atomic E-state index is -2.10. The number of aromatic nitrogens is 1. The number of hydrogen-bond acceptors (Lipinski definition) is 6. The number of carbonyl (C=O) groups excluding carboxylic acids is 2. The van der Waals surface area contributed by atoms with Gasteiger partial charge in [0.2, 0.25) is 0 Å². The molecule has 1 aliphatic heterocycles. The van der Waals surface area contributed by atoms with Crippen LogP contribution in [0.15, 0.2) is 42.7 Å². The van der Waals surface area contributed by atoms with Crippen molar-refractivity contribution < 1.29 is 25.1 Å². The first-order valence-corrected chi connectivity index (χ1v) is 6.77. The van der Waals surface area contributed by atoms with Crippen molar-refractivity contribution in [3.8, 4) is 0 Å². The van der Waals surface area contributed by atoms with Crippen molar-refractivity contribution in [3.63, 3.8) is 0 Å². The van der Waals surface area contributed by atoms with E-state index in [4.69, 9.17) is 5.21 Å². The average molecular weight is 315 g/mol. The van der Waals surface area contributed by atoms with Gasteiger partial charge in [0, 0.05) is 41.3 Å². The molecule has 1 aliphatic rings. The molecule has 0 spiro atoms. The number of aliphatic hydroxyl groups is 1. The summed E-state index contributed by atoms with van der Waals surface area (Å²) in [5.74, 6) is -1.20. The fourth-order valence-electron chi connectivity index (χ4n) is 2.52. The summed E-state index contributed by atoms with van der Waals surface area (Å²) < 4.78 is 0. The summed E-state index contributed by atoms with van der Waals surface area (Å²) >= 11 is 0. The molecule has 2 aromatic rings. The number of carbonyl (C=O) groups is 2. The van der Waals surface area contributed by atoms with Crippen LogP contribution in [0.3, 0.4) is 0 Å². The van der Waals surface area contributed by atoms with Gasteiger partial charge < -0.3 is 15.6 Å². The lowest BCUT2D eigenvalue weighted by Gasteiger charge is -2.21. The lowest BCUT2D eigenvalue weighted by atomic mass is 9.88. The first-order chi connectivity index (χ1) is 10.9. The molecule has 8 nitrogen and oxygen atoms in total. The Morgan fingerprint density at radius 2 is 2.00 bits per heavy atom. The zero-order chi connectivity index (χ0) is 16.6. The maximum Gasteiger partial charge on any atom is 0.261 e. The Hall–Kier alpha value is -2.65. The van der Waals surface area contributed by atoms with Crippen LogP contribution in [0.25, 0.3) is 0 Å². The number of rotatable bonds is 4. The van der Waals surface area contributed by atoms with E-state index in [0.717, 1.165) is 0 Å². The van der Waals surface area contributed by atoms with Crippen LogP contribution < -0.4 is 10.5 Å². The molecular weight excluding hydrogens is 302 g/mol. The van der Waals surface area contributed by atoms with Crippen molar-refractivity contribution in [2.45, 2.75) is 12.0 Å². The molecule has 3 rings (SSSR count). The fourth-order valence-corrected chi connectivity index (χ4v) is 2.52. The summed E-state index contributed by atoms with van der Waals surface area (Å²) in [6.45, 7) is 0. The van der Waals surface area contributed by atoms with E-state index in [0.29, 0.717) is 11.3 Å². The Kier molecular flexibility index (Phi) is 3.66. The second kappa shape index (κ2) is 5.52. The molecule has 2 unspecified atom stereocenters. The number of fused-ring (bicyclic) bond motifs is 1. The van der Waals surface area contributed by atoms with E-state index in [1.54, 1.807) is 0 Å². The molecule has 8 heteroatoms. The SMILES string of the molecule is O=C(CC1(O)C(=O)Nc2ccc([NH+]([O-])O)cc21)c1ccncc1. The Balaban J connectivity index is 1.97. The summed E-state index contributed by atoms with van der Waals surface area (Å²) in [7, 11) is 0. The number of Topliss-reactive ketones (excluding diaryl/α,β-unsaturated/α-hetero) is 1. The number of nitrogens with one attached hydrogen (secondary N) is 2. The molecule has 0 bridgehead atoms. The van der Waals surface area contributed by atoms with E-state index in [1.807, 2.05) is 0 Å². The average Bonchev–Trinajstić information content (AvgIpc) is 2.79. The van der Waals surface area contributed by atoms with Crippen LogP contribution in [0.1, 0.15) is 22.3 Å². The predicted octanol–water partition coefficient (Wildman–Crippen LogP) is -0.102. The van der Waals surface area contributed by atoms with E-state index < -0.39 is 28.9 Å². The molecule has 1 aromatic heterocycles. The molecule has 118 valence electrons. The van der Waals surface area contributed by atoms with Crippen LogP contribution in [0, 0.1) is 5.21 Å². The van der Waals surface area contributed by atoms with Gasteiger partial charge in [0.05, 0.1) is 6.42 Å². The molecule has 23 heavy (non-hydrogen) atoms. The van der Waals surface area contributed by atoms with Gasteiger partial charge in [0.15, 0.2) is 17.1 Å². The first kappa shape index (κ1) is 15.3. The number of ketones is 1. The quantitative estimate of drug-likeness (QED) is 0.461. The molecule has 2 heterocycles. The highest BCUT2D eigenvalue weighted by Crippen LogP contribution is 2.39. The van der Waals surface area contributed by atoms with E-state index in [1.165, 1.54) is 42.7 Å². The number of anilines is 1. The van der Waals surface area contributed by atoms with Gasteiger partial charge in [0.25, 0.3) is 5.91 Å². The summed E-state index contributed by atoms with van der Waals surface area (Å²) in [6, 6.07) is 6.87. The number of quaternary nitrogens is 1. The molecule has 1 amide bonds. The molecule has 0 saturated heterocycles. The van der Waals surface area contributed by atoms with E-state index in [2.05, 4.69) is 10.3 Å². The number of hydrogen-bond donors (Lipinski definition) is 4. The summed E-state index contributed by atoms with van der Waals surface area (Å²) in [5, 5.41) is 32.1. The molecule has 0 saturated carbocycles. The minimum Gasteiger partial charge on any atom is -0.595 e. The molecule has 0 aliphatic carbocycles. The normalized spacial score (nSPS) is 20.7. The van der Waals surface area contributed by atoms with Gasteiger partial charge in [-0.1, -0.05) is 0 Å². The highest BCUT2D eigenvalue weighted by atomic mass is 16.8. The Labute approximate surface area is 130 Å². The molecule has 2 atom stereocenters. The van der Waals surface area contributed by atoms with Gasteiger partial charge in [-0.05, 0) is 18.2 Å². The highest BCUT2D eigenvalue weighted by molar-refractivity contribution is 6.09. The third-order valence-electron chi connectivity index (χ3n) is 3.75.